The van der Waals surface area contributed by atoms with Crippen LogP contribution in [0, 0.1) is 5.92 Å². The Labute approximate surface area is 125 Å². The molecule has 3 nitrogen and oxygen atoms in total. The van der Waals surface area contributed by atoms with Crippen LogP contribution in [0.3, 0.4) is 0 Å². The lowest BCUT2D eigenvalue weighted by Crippen LogP contribution is -2.44. The Kier molecular flexibility index (Phi) is 6.40. The topological polar surface area (TPSA) is 49.3 Å². The van der Waals surface area contributed by atoms with Crippen molar-refractivity contribution in [3.63, 3.8) is 0 Å². The van der Waals surface area contributed by atoms with Crippen molar-refractivity contribution in [1.82, 2.24) is 5.32 Å². The maximum Gasteiger partial charge on any atom is 0.230 e. The first-order chi connectivity index (χ1) is 9.79. The molecule has 0 saturated heterocycles. The van der Waals surface area contributed by atoms with Crippen LogP contribution in [0.2, 0.25) is 0 Å². The molecule has 110 valence electrons. The SMILES string of the molecule is O=C(CSCc1ccccc1)NC1CCCCC1CO. The van der Waals surface area contributed by atoms with Crippen molar-refractivity contribution < 1.29 is 9.90 Å². The van der Waals surface area contributed by atoms with Crippen molar-refractivity contribution >= 4 is 17.7 Å². The van der Waals surface area contributed by atoms with Gasteiger partial charge in [0.1, 0.15) is 0 Å². The Hall–Kier alpha value is -1.00. The Bertz CT molecular complexity index is 410. The van der Waals surface area contributed by atoms with Crippen LogP contribution in [-0.2, 0) is 10.5 Å². The van der Waals surface area contributed by atoms with Gasteiger partial charge < -0.3 is 10.4 Å². The first kappa shape index (κ1) is 15.4. The average molecular weight is 293 g/mol. The van der Waals surface area contributed by atoms with E-state index in [0.717, 1.165) is 25.0 Å². The Morgan fingerprint density at radius 3 is 2.75 bits per heavy atom. The van der Waals surface area contributed by atoms with Gasteiger partial charge in [0.2, 0.25) is 5.91 Å². The second-order valence-electron chi connectivity index (χ2n) is 5.38. The number of carbonyl (C=O) groups is 1. The smallest absolute Gasteiger partial charge is 0.230 e. The number of aliphatic hydroxyl groups is 1. The molecular formula is C16H23NO2S. The number of hydrogen-bond donors (Lipinski definition) is 2. The molecule has 0 aliphatic heterocycles. The van der Waals surface area contributed by atoms with Gasteiger partial charge in [0.05, 0.1) is 5.75 Å². The monoisotopic (exact) mass is 293 g/mol. The molecule has 0 aromatic heterocycles. The van der Waals surface area contributed by atoms with E-state index < -0.39 is 0 Å². The molecule has 1 aliphatic rings. The minimum Gasteiger partial charge on any atom is -0.396 e. The molecule has 0 heterocycles. The molecule has 1 amide bonds. The van der Waals surface area contributed by atoms with Crippen molar-refractivity contribution in [2.75, 3.05) is 12.4 Å². The summed E-state index contributed by atoms with van der Waals surface area (Å²) in [4.78, 5) is 11.9. The molecule has 1 aliphatic carbocycles. The van der Waals surface area contributed by atoms with Gasteiger partial charge in [-0.1, -0.05) is 43.2 Å². The highest BCUT2D eigenvalue weighted by Crippen LogP contribution is 2.24. The summed E-state index contributed by atoms with van der Waals surface area (Å²) in [7, 11) is 0. The highest BCUT2D eigenvalue weighted by atomic mass is 32.2. The molecule has 0 radical (unpaired) electrons. The highest BCUT2D eigenvalue weighted by molar-refractivity contribution is 7.99. The molecule has 20 heavy (non-hydrogen) atoms. The first-order valence-corrected chi connectivity index (χ1v) is 8.47. The van der Waals surface area contributed by atoms with Gasteiger partial charge in [-0.25, -0.2) is 0 Å². The van der Waals surface area contributed by atoms with E-state index in [1.165, 1.54) is 12.0 Å². The fourth-order valence-electron chi connectivity index (χ4n) is 2.70. The molecule has 2 N–H and O–H groups in total. The lowest BCUT2D eigenvalue weighted by atomic mass is 9.85. The molecule has 2 rings (SSSR count). The number of nitrogens with one attached hydrogen (secondary N) is 1. The lowest BCUT2D eigenvalue weighted by molar-refractivity contribution is -0.120. The van der Waals surface area contributed by atoms with Crippen LogP contribution >= 0.6 is 11.8 Å². The van der Waals surface area contributed by atoms with E-state index in [9.17, 15) is 9.90 Å². The predicted molar refractivity (Wildman–Crippen MR) is 83.6 cm³/mol. The van der Waals surface area contributed by atoms with Crippen LogP contribution in [-0.4, -0.2) is 29.4 Å². The Balaban J connectivity index is 1.69. The first-order valence-electron chi connectivity index (χ1n) is 7.31. The Morgan fingerprint density at radius 1 is 1.25 bits per heavy atom. The number of hydrogen-bond acceptors (Lipinski definition) is 3. The maximum atomic E-state index is 11.9. The third-order valence-electron chi connectivity index (χ3n) is 3.83. The van der Waals surface area contributed by atoms with Gasteiger partial charge in [-0.3, -0.25) is 4.79 Å². The minimum atomic E-state index is 0.0938. The largest absolute Gasteiger partial charge is 0.396 e. The Morgan fingerprint density at radius 2 is 2.00 bits per heavy atom. The standard InChI is InChI=1S/C16H23NO2S/c18-10-14-8-4-5-9-15(14)17-16(19)12-20-11-13-6-2-1-3-7-13/h1-3,6-7,14-15,18H,4-5,8-12H2,(H,17,19). The van der Waals surface area contributed by atoms with E-state index in [4.69, 9.17) is 0 Å². The van der Waals surface area contributed by atoms with Gasteiger partial charge in [0.15, 0.2) is 0 Å². The van der Waals surface area contributed by atoms with Crippen LogP contribution in [0.1, 0.15) is 31.2 Å². The molecule has 2 atom stereocenters. The summed E-state index contributed by atoms with van der Waals surface area (Å²) in [6, 6.07) is 10.4. The lowest BCUT2D eigenvalue weighted by Gasteiger charge is -2.30. The van der Waals surface area contributed by atoms with E-state index >= 15 is 0 Å². The van der Waals surface area contributed by atoms with Crippen molar-refractivity contribution in [2.24, 2.45) is 5.92 Å². The number of amides is 1. The fourth-order valence-corrected chi connectivity index (χ4v) is 3.50. The quantitative estimate of drug-likeness (QED) is 0.847. The zero-order chi connectivity index (χ0) is 14.2. The van der Waals surface area contributed by atoms with Crippen LogP contribution in [0.15, 0.2) is 30.3 Å². The normalized spacial score (nSPS) is 22.4. The van der Waals surface area contributed by atoms with Crippen molar-refractivity contribution in [3.05, 3.63) is 35.9 Å². The summed E-state index contributed by atoms with van der Waals surface area (Å²) >= 11 is 1.64. The molecule has 4 heteroatoms. The number of thioether (sulfide) groups is 1. The van der Waals surface area contributed by atoms with Gasteiger partial charge in [-0.2, -0.15) is 0 Å². The predicted octanol–water partition coefficient (Wildman–Crippen LogP) is 2.59. The van der Waals surface area contributed by atoms with Gasteiger partial charge in [-0.15, -0.1) is 11.8 Å². The third-order valence-corrected chi connectivity index (χ3v) is 4.84. The third kappa shape index (κ3) is 4.84. The van der Waals surface area contributed by atoms with Gasteiger partial charge in [0.25, 0.3) is 0 Å². The van der Waals surface area contributed by atoms with E-state index in [-0.39, 0.29) is 24.5 Å². The van der Waals surface area contributed by atoms with E-state index in [1.807, 2.05) is 18.2 Å². The minimum absolute atomic E-state index is 0.0938. The van der Waals surface area contributed by atoms with Crippen LogP contribution < -0.4 is 5.32 Å². The molecular weight excluding hydrogens is 270 g/mol. The summed E-state index contributed by atoms with van der Waals surface area (Å²) in [5, 5.41) is 12.4. The molecule has 1 aromatic rings. The molecule has 1 aromatic carbocycles. The molecule has 1 fully saturated rings. The van der Waals surface area contributed by atoms with Crippen molar-refractivity contribution in [2.45, 2.75) is 37.5 Å². The maximum absolute atomic E-state index is 11.9. The number of benzene rings is 1. The van der Waals surface area contributed by atoms with Gasteiger partial charge in [0, 0.05) is 24.3 Å². The number of rotatable bonds is 6. The summed E-state index contributed by atoms with van der Waals surface area (Å²) in [5.41, 5.74) is 1.25. The second-order valence-corrected chi connectivity index (χ2v) is 6.37. The number of carbonyl (C=O) groups excluding carboxylic acids is 1. The summed E-state index contributed by atoms with van der Waals surface area (Å²) in [5.74, 6) is 1.69. The van der Waals surface area contributed by atoms with Crippen LogP contribution in [0.5, 0.6) is 0 Å². The molecule has 1 saturated carbocycles. The summed E-state index contributed by atoms with van der Waals surface area (Å²) in [6.07, 6.45) is 4.35. The molecule has 0 spiro atoms. The van der Waals surface area contributed by atoms with Crippen molar-refractivity contribution in [1.29, 1.82) is 0 Å². The zero-order valence-corrected chi connectivity index (χ0v) is 12.6. The van der Waals surface area contributed by atoms with Crippen molar-refractivity contribution in [3.8, 4) is 0 Å². The highest BCUT2D eigenvalue weighted by Gasteiger charge is 2.25. The second kappa shape index (κ2) is 8.32. The summed E-state index contributed by atoms with van der Waals surface area (Å²) < 4.78 is 0. The number of aliphatic hydroxyl groups excluding tert-OH is 1. The van der Waals surface area contributed by atoms with Gasteiger partial charge in [-0.05, 0) is 18.4 Å². The van der Waals surface area contributed by atoms with Gasteiger partial charge >= 0.3 is 0 Å². The van der Waals surface area contributed by atoms with E-state index in [2.05, 4.69) is 17.4 Å². The fraction of sp³-hybridized carbons (Fsp3) is 0.562. The molecule has 2 unspecified atom stereocenters. The van der Waals surface area contributed by atoms with E-state index in [0.29, 0.717) is 5.75 Å². The van der Waals surface area contributed by atoms with Crippen LogP contribution in [0.25, 0.3) is 0 Å². The average Bonchev–Trinajstić information content (AvgIpc) is 2.49. The van der Waals surface area contributed by atoms with Crippen LogP contribution in [0.4, 0.5) is 0 Å². The summed E-state index contributed by atoms with van der Waals surface area (Å²) in [6.45, 7) is 0.183. The zero-order valence-electron chi connectivity index (χ0n) is 11.8. The van der Waals surface area contributed by atoms with E-state index in [1.54, 1.807) is 11.8 Å². The molecule has 0 bridgehead atoms.